The summed E-state index contributed by atoms with van der Waals surface area (Å²) in [4.78, 5) is -0.355. The Hall–Kier alpha value is 0.130. The molecule has 3 rings (SSSR count). The average Bonchev–Trinajstić information content (AvgIpc) is 2.98. The SMILES string of the molecule is C[N-][C@@H]1[C@@H]2[C@@H]([C@@]3(C)CC[C@@H](C(C)(C)Cl)O3)CC[C@](C)([N-]C)[C@H]2CC[C@@]1(C)O. The fourth-order valence-corrected chi connectivity index (χ4v) is 6.68. The minimum absolute atomic E-state index is 0.0271. The zero-order valence-corrected chi connectivity index (χ0v) is 19.0. The second-order valence-corrected chi connectivity index (χ2v) is 11.5. The van der Waals surface area contributed by atoms with Gasteiger partial charge < -0.3 is 20.5 Å². The summed E-state index contributed by atoms with van der Waals surface area (Å²) < 4.78 is 6.68. The van der Waals surface area contributed by atoms with Crippen LogP contribution >= 0.6 is 11.6 Å². The molecule has 4 nitrogen and oxygen atoms in total. The molecule has 2 saturated carbocycles. The highest BCUT2D eigenvalue weighted by molar-refractivity contribution is 6.23. The van der Waals surface area contributed by atoms with E-state index in [1.54, 1.807) is 0 Å². The molecule has 0 radical (unpaired) electrons. The molecule has 5 heteroatoms. The van der Waals surface area contributed by atoms with Crippen LogP contribution in [0.25, 0.3) is 10.6 Å². The summed E-state index contributed by atoms with van der Waals surface area (Å²) >= 11 is 6.61. The first kappa shape index (κ1) is 21.8. The lowest BCUT2D eigenvalue weighted by Crippen LogP contribution is -2.62. The molecule has 0 amide bonds. The van der Waals surface area contributed by atoms with E-state index >= 15 is 0 Å². The molecule has 8 atom stereocenters. The van der Waals surface area contributed by atoms with Crippen molar-refractivity contribution in [1.82, 2.24) is 0 Å². The fourth-order valence-electron chi connectivity index (χ4n) is 6.53. The molecule has 2 aliphatic carbocycles. The Morgan fingerprint density at radius 2 is 1.63 bits per heavy atom. The molecule has 3 fully saturated rings. The van der Waals surface area contributed by atoms with Crippen LogP contribution in [0.5, 0.6) is 0 Å². The molecule has 1 aliphatic heterocycles. The summed E-state index contributed by atoms with van der Waals surface area (Å²) in [5.74, 6) is 1.11. The van der Waals surface area contributed by atoms with E-state index in [1.165, 1.54) is 0 Å². The summed E-state index contributed by atoms with van der Waals surface area (Å²) in [5.41, 5.74) is -0.980. The van der Waals surface area contributed by atoms with Gasteiger partial charge in [-0.25, -0.2) is 0 Å². The van der Waals surface area contributed by atoms with Crippen LogP contribution in [0.2, 0.25) is 0 Å². The second-order valence-electron chi connectivity index (χ2n) is 10.5. The number of alkyl halides is 1. The van der Waals surface area contributed by atoms with Crippen molar-refractivity contribution >= 4 is 11.6 Å². The number of hydrogen-bond acceptors (Lipinski definition) is 2. The first-order valence-electron chi connectivity index (χ1n) is 10.7. The Morgan fingerprint density at radius 3 is 2.15 bits per heavy atom. The molecule has 0 aromatic heterocycles. The van der Waals surface area contributed by atoms with Gasteiger partial charge in [-0.2, -0.15) is 14.1 Å². The van der Waals surface area contributed by atoms with E-state index in [1.807, 2.05) is 21.0 Å². The molecule has 0 spiro atoms. The molecule has 0 unspecified atom stereocenters. The van der Waals surface area contributed by atoms with Gasteiger partial charge in [0, 0.05) is 5.60 Å². The monoisotopic (exact) mass is 398 g/mol. The third kappa shape index (κ3) is 3.70. The lowest BCUT2D eigenvalue weighted by atomic mass is 9.51. The molecule has 3 aliphatic rings. The Bertz CT molecular complexity index is 549. The van der Waals surface area contributed by atoms with Gasteiger partial charge in [0.25, 0.3) is 0 Å². The van der Waals surface area contributed by atoms with Gasteiger partial charge in [0.1, 0.15) is 0 Å². The van der Waals surface area contributed by atoms with Gasteiger partial charge in [-0.3, -0.25) is 0 Å². The highest BCUT2D eigenvalue weighted by atomic mass is 35.5. The number of hydrogen-bond donors (Lipinski definition) is 1. The van der Waals surface area contributed by atoms with Crippen LogP contribution in [0.4, 0.5) is 0 Å². The van der Waals surface area contributed by atoms with Crippen molar-refractivity contribution in [2.75, 3.05) is 14.1 Å². The van der Waals surface area contributed by atoms with E-state index in [-0.39, 0.29) is 28.2 Å². The summed E-state index contributed by atoms with van der Waals surface area (Å²) in [6.07, 6.45) is 6.07. The zero-order valence-electron chi connectivity index (χ0n) is 18.3. The molecule has 158 valence electrons. The van der Waals surface area contributed by atoms with Gasteiger partial charge in [0.2, 0.25) is 0 Å². The predicted octanol–water partition coefficient (Wildman–Crippen LogP) is 5.26. The first-order valence-corrected chi connectivity index (χ1v) is 11.0. The quantitative estimate of drug-likeness (QED) is 0.656. The summed E-state index contributed by atoms with van der Waals surface area (Å²) in [5, 5.41) is 20.7. The minimum atomic E-state index is -0.750. The van der Waals surface area contributed by atoms with E-state index in [4.69, 9.17) is 27.0 Å². The number of aliphatic hydroxyl groups is 1. The lowest BCUT2D eigenvalue weighted by molar-refractivity contribution is -0.147. The van der Waals surface area contributed by atoms with Crippen molar-refractivity contribution in [3.63, 3.8) is 0 Å². The third-order valence-electron chi connectivity index (χ3n) is 8.31. The Balaban J connectivity index is 1.95. The number of nitrogens with zero attached hydrogens (tertiary/aromatic N) is 2. The van der Waals surface area contributed by atoms with Gasteiger partial charge in [0.05, 0.1) is 16.6 Å². The van der Waals surface area contributed by atoms with Crippen LogP contribution in [0.1, 0.15) is 73.1 Å². The normalized spacial score (nSPS) is 51.2. The van der Waals surface area contributed by atoms with Crippen molar-refractivity contribution in [3.05, 3.63) is 10.6 Å². The Kier molecular flexibility index (Phi) is 5.76. The summed E-state index contributed by atoms with van der Waals surface area (Å²) in [7, 11) is 3.83. The molecule has 1 N–H and O–H groups in total. The van der Waals surface area contributed by atoms with E-state index in [2.05, 4.69) is 27.7 Å². The predicted molar refractivity (Wildman–Crippen MR) is 113 cm³/mol. The maximum Gasteiger partial charge on any atom is 0.0769 e. The van der Waals surface area contributed by atoms with Gasteiger partial charge in [-0.05, 0) is 71.6 Å². The standard InChI is InChI=1S/C22H39ClN2O2/c1-19(2,23)16-10-13-22(5,27-16)15-8-11-20(3,25-7)14-9-12-21(4,26)18(24-6)17(14)15/h14-18,26H,8-13H2,1-7H3/q-2/t14-,15-,16-,17-,18+,20-,21+,22+/m0/s1. The third-order valence-corrected chi connectivity index (χ3v) is 8.55. The number of likely N-dealkylation sites (N-methyl/N-ethyl adjacent to an activating group) is 1. The topological polar surface area (TPSA) is 57.7 Å². The van der Waals surface area contributed by atoms with E-state index in [9.17, 15) is 5.11 Å². The summed E-state index contributed by atoms with van der Waals surface area (Å²) in [6, 6.07) is -0.0638. The average molecular weight is 399 g/mol. The van der Waals surface area contributed by atoms with Crippen molar-refractivity contribution in [2.24, 2.45) is 17.8 Å². The molecule has 27 heavy (non-hydrogen) atoms. The van der Waals surface area contributed by atoms with E-state index in [0.29, 0.717) is 17.8 Å². The molecule has 1 heterocycles. The van der Waals surface area contributed by atoms with Crippen molar-refractivity contribution in [2.45, 2.75) is 107 Å². The zero-order chi connectivity index (χ0) is 20.3. The number of halogens is 1. The van der Waals surface area contributed by atoms with Crippen LogP contribution < -0.4 is 0 Å². The van der Waals surface area contributed by atoms with Crippen LogP contribution in [-0.2, 0) is 4.74 Å². The van der Waals surface area contributed by atoms with Gasteiger partial charge in [0.15, 0.2) is 0 Å². The fraction of sp³-hybridized carbons (Fsp3) is 1.00. The Labute approximate surface area is 171 Å². The Morgan fingerprint density at radius 1 is 1.00 bits per heavy atom. The number of rotatable bonds is 4. The lowest BCUT2D eigenvalue weighted by Gasteiger charge is -2.67. The van der Waals surface area contributed by atoms with Gasteiger partial charge in [-0.1, -0.05) is 19.3 Å². The first-order chi connectivity index (χ1) is 12.4. The highest BCUT2D eigenvalue weighted by Gasteiger charge is 2.56. The van der Waals surface area contributed by atoms with Crippen molar-refractivity contribution in [3.8, 4) is 0 Å². The largest absolute Gasteiger partial charge is 0.660 e. The maximum absolute atomic E-state index is 11.2. The number of ether oxygens (including phenoxy) is 1. The van der Waals surface area contributed by atoms with E-state index in [0.717, 1.165) is 38.5 Å². The number of fused-ring (bicyclic) bond motifs is 1. The van der Waals surface area contributed by atoms with Crippen LogP contribution in [0.3, 0.4) is 0 Å². The minimum Gasteiger partial charge on any atom is -0.660 e. The molecular weight excluding hydrogens is 360 g/mol. The molecule has 0 aromatic rings. The smallest absolute Gasteiger partial charge is 0.0769 e. The van der Waals surface area contributed by atoms with Crippen molar-refractivity contribution in [1.29, 1.82) is 0 Å². The molecular formula is C22H39ClN2O2-2. The van der Waals surface area contributed by atoms with Gasteiger partial charge >= 0.3 is 0 Å². The molecule has 1 saturated heterocycles. The van der Waals surface area contributed by atoms with Gasteiger partial charge in [-0.15, -0.1) is 23.2 Å². The maximum atomic E-state index is 11.2. The van der Waals surface area contributed by atoms with Crippen LogP contribution in [0, 0.1) is 17.8 Å². The summed E-state index contributed by atoms with van der Waals surface area (Å²) in [6.45, 7) is 10.7. The second kappa shape index (κ2) is 7.12. The van der Waals surface area contributed by atoms with E-state index < -0.39 is 5.60 Å². The van der Waals surface area contributed by atoms with Crippen LogP contribution in [-0.4, -0.2) is 53.0 Å². The van der Waals surface area contributed by atoms with Crippen molar-refractivity contribution < 1.29 is 9.84 Å². The molecule has 0 aromatic carbocycles. The van der Waals surface area contributed by atoms with Crippen LogP contribution in [0.15, 0.2) is 0 Å². The highest BCUT2D eigenvalue weighted by Crippen LogP contribution is 2.59. The molecule has 0 bridgehead atoms.